The summed E-state index contributed by atoms with van der Waals surface area (Å²) in [7, 11) is 0. The number of phenolic OH excluding ortho intramolecular Hbond substituents is 1. The molecule has 1 aromatic heterocycles. The fourth-order valence-corrected chi connectivity index (χ4v) is 2.70. The summed E-state index contributed by atoms with van der Waals surface area (Å²) >= 11 is 6.21. The number of nitrogens with zero attached hydrogens (tertiary/aromatic N) is 1. The van der Waals surface area contributed by atoms with Crippen molar-refractivity contribution in [1.82, 2.24) is 4.98 Å². The highest BCUT2D eigenvalue weighted by Crippen LogP contribution is 2.35. The van der Waals surface area contributed by atoms with Gasteiger partial charge in [0.2, 0.25) is 0 Å². The summed E-state index contributed by atoms with van der Waals surface area (Å²) < 4.78 is 5.61. The van der Waals surface area contributed by atoms with E-state index < -0.39 is 5.91 Å². The van der Waals surface area contributed by atoms with Crippen molar-refractivity contribution >= 4 is 34.0 Å². The van der Waals surface area contributed by atoms with Crippen LogP contribution in [0.15, 0.2) is 36.4 Å². The van der Waals surface area contributed by atoms with Gasteiger partial charge < -0.3 is 20.3 Å². The predicted molar refractivity (Wildman–Crippen MR) is 99.1 cm³/mol. The molecule has 0 spiro atoms. The summed E-state index contributed by atoms with van der Waals surface area (Å²) in [6, 6.07) is 12.1. The Labute approximate surface area is 155 Å². The summed E-state index contributed by atoms with van der Waals surface area (Å²) in [5.74, 6) is -0.495. The normalized spacial score (nSPS) is 10.9. The summed E-state index contributed by atoms with van der Waals surface area (Å²) in [5, 5.41) is 23.3. The third-order valence-corrected chi connectivity index (χ3v) is 3.81. The minimum Gasteiger partial charge on any atom is -0.507 e. The molecule has 0 atom stereocenters. The third-order valence-electron chi connectivity index (χ3n) is 3.52. The van der Waals surface area contributed by atoms with Crippen LogP contribution in [0.4, 0.5) is 5.69 Å². The van der Waals surface area contributed by atoms with Crippen LogP contribution in [0.1, 0.15) is 24.3 Å². The number of phenols is 1. The van der Waals surface area contributed by atoms with Gasteiger partial charge in [-0.2, -0.15) is 0 Å². The van der Waals surface area contributed by atoms with Crippen molar-refractivity contribution < 1.29 is 19.7 Å². The Morgan fingerprint density at radius 2 is 2.00 bits per heavy atom. The monoisotopic (exact) mass is 371 g/mol. The van der Waals surface area contributed by atoms with E-state index in [0.717, 1.165) is 0 Å². The smallest absolute Gasteiger partial charge is 0.278 e. The number of anilines is 1. The molecule has 6 nitrogen and oxygen atoms in total. The lowest BCUT2D eigenvalue weighted by Gasteiger charge is -2.13. The number of pyridine rings is 1. The van der Waals surface area contributed by atoms with E-state index >= 15 is 0 Å². The number of benzene rings is 2. The molecular weight excluding hydrogens is 356 g/mol. The molecule has 1 heterocycles. The quantitative estimate of drug-likeness (QED) is 0.599. The molecule has 1 radical (unpaired) electrons. The number of fused-ring (bicyclic) bond motifs is 1. The fourth-order valence-electron chi connectivity index (χ4n) is 2.45. The van der Waals surface area contributed by atoms with E-state index in [1.807, 2.05) is 13.8 Å². The van der Waals surface area contributed by atoms with E-state index in [0.29, 0.717) is 16.5 Å². The molecule has 2 aromatic carbocycles. The molecule has 1 amide bonds. The van der Waals surface area contributed by atoms with Gasteiger partial charge in [-0.1, -0.05) is 17.7 Å². The zero-order chi connectivity index (χ0) is 18.8. The predicted octanol–water partition coefficient (Wildman–Crippen LogP) is 4.14. The van der Waals surface area contributed by atoms with E-state index in [9.17, 15) is 15.0 Å². The average Bonchev–Trinajstić information content (AvgIpc) is 2.57. The van der Waals surface area contributed by atoms with Crippen LogP contribution in [0, 0.1) is 6.07 Å². The highest BCUT2D eigenvalue weighted by molar-refractivity contribution is 6.35. The van der Waals surface area contributed by atoms with Gasteiger partial charge in [0.25, 0.3) is 5.91 Å². The van der Waals surface area contributed by atoms with Crippen molar-refractivity contribution in [3.05, 3.63) is 53.3 Å². The number of amides is 1. The van der Waals surface area contributed by atoms with Gasteiger partial charge >= 0.3 is 0 Å². The number of hydrogen-bond donors (Lipinski definition) is 3. The van der Waals surface area contributed by atoms with Gasteiger partial charge in [0.15, 0.2) is 11.4 Å². The Morgan fingerprint density at radius 3 is 2.69 bits per heavy atom. The minimum atomic E-state index is -0.671. The van der Waals surface area contributed by atoms with Gasteiger partial charge in [-0.05, 0) is 44.2 Å². The number of rotatable bonds is 4. The van der Waals surface area contributed by atoms with E-state index in [1.54, 1.807) is 30.3 Å². The lowest BCUT2D eigenvalue weighted by Crippen LogP contribution is -2.14. The lowest BCUT2D eigenvalue weighted by atomic mass is 10.1. The maximum atomic E-state index is 12.4. The van der Waals surface area contributed by atoms with Crippen LogP contribution < -0.4 is 10.1 Å². The van der Waals surface area contributed by atoms with Gasteiger partial charge in [0, 0.05) is 10.8 Å². The van der Waals surface area contributed by atoms with E-state index in [2.05, 4.69) is 16.4 Å². The second-order valence-electron chi connectivity index (χ2n) is 5.88. The second-order valence-corrected chi connectivity index (χ2v) is 6.24. The minimum absolute atomic E-state index is 0.0172. The maximum Gasteiger partial charge on any atom is 0.278 e. The molecule has 3 aromatic rings. The lowest BCUT2D eigenvalue weighted by molar-refractivity contribution is 0.102. The number of nitrogens with one attached hydrogen (secondary N) is 1. The molecule has 0 bridgehead atoms. The van der Waals surface area contributed by atoms with Gasteiger partial charge in [-0.15, -0.1) is 0 Å². The zero-order valence-electron chi connectivity index (χ0n) is 14.1. The van der Waals surface area contributed by atoms with Gasteiger partial charge in [-0.25, -0.2) is 4.98 Å². The Bertz CT molecular complexity index is 989. The number of carbonyl (C=O) groups excluding carboxylic acids is 1. The van der Waals surface area contributed by atoms with E-state index in [1.165, 1.54) is 6.07 Å². The molecule has 133 valence electrons. The first kappa shape index (κ1) is 17.8. The van der Waals surface area contributed by atoms with Gasteiger partial charge in [0.05, 0.1) is 17.9 Å². The number of aromatic hydroxyl groups is 2. The average molecular weight is 372 g/mol. The standard InChI is InChI=1S/C19H16ClN2O4/c1-10(2)26-13-6-7-14-15(9-13)18(20)22-16(17(14)24)19(25)21-11-4-3-5-12(23)8-11/h3-7,9-10,23-24H,1-2H3,(H,21,25). The number of carbonyl (C=O) groups is 1. The summed E-state index contributed by atoms with van der Waals surface area (Å²) in [4.78, 5) is 16.4. The van der Waals surface area contributed by atoms with Crippen LogP contribution in [-0.4, -0.2) is 27.2 Å². The summed E-state index contributed by atoms with van der Waals surface area (Å²) in [6.45, 7) is 3.79. The Hall–Kier alpha value is -2.99. The highest BCUT2D eigenvalue weighted by Gasteiger charge is 2.19. The topological polar surface area (TPSA) is 91.7 Å². The van der Waals surface area contributed by atoms with Crippen molar-refractivity contribution in [2.45, 2.75) is 20.0 Å². The van der Waals surface area contributed by atoms with Crippen LogP contribution in [0.5, 0.6) is 17.2 Å². The van der Waals surface area contributed by atoms with Crippen molar-refractivity contribution in [2.75, 3.05) is 5.32 Å². The largest absolute Gasteiger partial charge is 0.507 e. The van der Waals surface area contributed by atoms with E-state index in [4.69, 9.17) is 16.3 Å². The second kappa shape index (κ2) is 7.09. The van der Waals surface area contributed by atoms with Gasteiger partial charge in [0.1, 0.15) is 16.7 Å². The van der Waals surface area contributed by atoms with Crippen LogP contribution in [-0.2, 0) is 0 Å². The SMILES string of the molecule is CC(C)Oc1ccc2c(O)c(C(=O)Nc3[c]c(O)ccc3)nc(Cl)c2c1. The number of halogens is 1. The number of hydrogen-bond acceptors (Lipinski definition) is 5. The van der Waals surface area contributed by atoms with Crippen molar-refractivity contribution in [3.63, 3.8) is 0 Å². The molecule has 7 heteroatoms. The molecule has 0 fully saturated rings. The van der Waals surface area contributed by atoms with E-state index in [-0.39, 0.29) is 34.1 Å². The Balaban J connectivity index is 1.99. The Morgan fingerprint density at radius 1 is 1.23 bits per heavy atom. The van der Waals surface area contributed by atoms with Crippen molar-refractivity contribution in [3.8, 4) is 17.2 Å². The third kappa shape index (κ3) is 3.65. The number of aromatic nitrogens is 1. The first-order valence-electron chi connectivity index (χ1n) is 7.86. The van der Waals surface area contributed by atoms with Crippen LogP contribution in [0.2, 0.25) is 5.15 Å². The number of ether oxygens (including phenoxy) is 1. The highest BCUT2D eigenvalue weighted by atomic mass is 35.5. The first-order valence-corrected chi connectivity index (χ1v) is 8.24. The molecule has 0 aliphatic heterocycles. The van der Waals surface area contributed by atoms with Gasteiger partial charge in [-0.3, -0.25) is 4.79 Å². The molecule has 0 aliphatic carbocycles. The molecule has 3 rings (SSSR count). The maximum absolute atomic E-state index is 12.4. The molecule has 3 N–H and O–H groups in total. The molecular formula is C19H16ClN2O4. The molecule has 0 unspecified atom stereocenters. The zero-order valence-corrected chi connectivity index (χ0v) is 14.8. The molecule has 26 heavy (non-hydrogen) atoms. The van der Waals surface area contributed by atoms with Crippen molar-refractivity contribution in [1.29, 1.82) is 0 Å². The van der Waals surface area contributed by atoms with Crippen LogP contribution in [0.25, 0.3) is 10.8 Å². The summed E-state index contributed by atoms with van der Waals surface area (Å²) in [5.41, 5.74) is 0.0184. The molecule has 0 aliphatic rings. The van der Waals surface area contributed by atoms with Crippen LogP contribution >= 0.6 is 11.6 Å². The molecule has 0 saturated heterocycles. The van der Waals surface area contributed by atoms with Crippen molar-refractivity contribution in [2.24, 2.45) is 0 Å². The fraction of sp³-hybridized carbons (Fsp3) is 0.158. The van der Waals surface area contributed by atoms with Crippen LogP contribution in [0.3, 0.4) is 0 Å². The Kier molecular flexibility index (Phi) is 4.86. The summed E-state index contributed by atoms with van der Waals surface area (Å²) in [6.07, 6.45) is -0.0172. The first-order chi connectivity index (χ1) is 12.3. The molecule has 0 saturated carbocycles.